The maximum Gasteiger partial charge on any atom is 0.387 e. The van der Waals surface area contributed by atoms with E-state index in [2.05, 4.69) is 10.8 Å². The van der Waals surface area contributed by atoms with Crippen LogP contribution in [0.3, 0.4) is 0 Å². The Bertz CT molecular complexity index is 562. The molecule has 2 aromatic rings. The van der Waals surface area contributed by atoms with Gasteiger partial charge in [0.2, 0.25) is 0 Å². The molecule has 3 rings (SSSR count). The Balaban J connectivity index is 0.000000157. The van der Waals surface area contributed by atoms with Crippen molar-refractivity contribution in [1.29, 1.82) is 0 Å². The number of aldehydes is 1. The van der Waals surface area contributed by atoms with E-state index in [0.717, 1.165) is 12.4 Å². The molecule has 0 saturated carbocycles. The molecule has 0 aromatic heterocycles. The maximum atomic E-state index is 11.6. The molecule has 1 aliphatic rings. The molecule has 0 amide bonds. The first-order valence-corrected chi connectivity index (χ1v) is 5.90. The van der Waals surface area contributed by atoms with Gasteiger partial charge in [-0.2, -0.15) is 8.78 Å². The first-order chi connectivity index (χ1) is 9.69. The van der Waals surface area contributed by atoms with Crippen LogP contribution in [0.4, 0.5) is 8.78 Å². The largest absolute Gasteiger partial charge is 0.488 e. The lowest BCUT2D eigenvalue weighted by atomic mass is 10.1. The highest BCUT2D eigenvalue weighted by molar-refractivity contribution is 5.75. The fourth-order valence-electron chi connectivity index (χ4n) is 1.60. The second-order valence-electron chi connectivity index (χ2n) is 3.97. The Morgan fingerprint density at radius 2 is 1.95 bits per heavy atom. The summed E-state index contributed by atoms with van der Waals surface area (Å²) in [7, 11) is 0. The molecule has 0 radical (unpaired) electrons. The van der Waals surface area contributed by atoms with E-state index in [0.29, 0.717) is 11.8 Å². The Morgan fingerprint density at radius 3 is 2.45 bits per heavy atom. The first-order valence-electron chi connectivity index (χ1n) is 5.90. The number of halogens is 2. The van der Waals surface area contributed by atoms with Gasteiger partial charge in [-0.25, -0.2) is 0 Å². The highest BCUT2D eigenvalue weighted by Crippen LogP contribution is 2.27. The average Bonchev–Trinajstić information content (AvgIpc) is 2.41. The lowest BCUT2D eigenvalue weighted by Crippen LogP contribution is -2.07. The molecule has 0 saturated heterocycles. The lowest BCUT2D eigenvalue weighted by molar-refractivity contribution is -0.0498. The van der Waals surface area contributed by atoms with Gasteiger partial charge in [0, 0.05) is 11.1 Å². The van der Waals surface area contributed by atoms with Gasteiger partial charge in [-0.3, -0.25) is 4.79 Å². The summed E-state index contributed by atoms with van der Waals surface area (Å²) in [5.41, 5.74) is 1.64. The van der Waals surface area contributed by atoms with Crippen LogP contribution in [0.1, 0.15) is 15.9 Å². The molecular weight excluding hydrogens is 266 g/mol. The van der Waals surface area contributed by atoms with Crippen LogP contribution in [0.25, 0.3) is 0 Å². The van der Waals surface area contributed by atoms with Crippen LogP contribution in [0.5, 0.6) is 11.5 Å². The van der Waals surface area contributed by atoms with Gasteiger partial charge in [0.25, 0.3) is 0 Å². The summed E-state index contributed by atoms with van der Waals surface area (Å²) < 4.78 is 32.4. The van der Waals surface area contributed by atoms with Gasteiger partial charge in [-0.05, 0) is 18.2 Å². The SMILES string of the molecule is O=Cc1cccc(OC(F)F)c1.c1ccc2c(c1)CO2. The molecule has 3 nitrogen and oxygen atoms in total. The fraction of sp³-hybridized carbons (Fsp3) is 0.133. The van der Waals surface area contributed by atoms with Crippen LogP contribution in [0, 0.1) is 0 Å². The van der Waals surface area contributed by atoms with Gasteiger partial charge < -0.3 is 9.47 Å². The molecule has 0 atom stereocenters. The van der Waals surface area contributed by atoms with Crippen LogP contribution in [-0.2, 0) is 6.61 Å². The van der Waals surface area contributed by atoms with Crippen molar-refractivity contribution in [1.82, 2.24) is 0 Å². The molecule has 0 bridgehead atoms. The van der Waals surface area contributed by atoms with Gasteiger partial charge in [0.15, 0.2) is 0 Å². The number of carbonyl (C=O) groups excluding carboxylic acids is 1. The van der Waals surface area contributed by atoms with Gasteiger partial charge in [0.1, 0.15) is 24.4 Å². The number of hydrogen-bond acceptors (Lipinski definition) is 3. The normalized spacial score (nSPS) is 11.3. The van der Waals surface area contributed by atoms with E-state index < -0.39 is 6.61 Å². The first kappa shape index (κ1) is 14.0. The van der Waals surface area contributed by atoms with Gasteiger partial charge in [-0.1, -0.05) is 30.3 Å². The summed E-state index contributed by atoms with van der Waals surface area (Å²) in [6.45, 7) is -2.05. The highest BCUT2D eigenvalue weighted by atomic mass is 19.3. The van der Waals surface area contributed by atoms with Crippen molar-refractivity contribution in [2.45, 2.75) is 13.2 Å². The average molecular weight is 278 g/mol. The molecule has 104 valence electrons. The van der Waals surface area contributed by atoms with Gasteiger partial charge >= 0.3 is 6.61 Å². The lowest BCUT2D eigenvalue weighted by Gasteiger charge is -2.18. The zero-order valence-corrected chi connectivity index (χ0v) is 10.5. The van der Waals surface area contributed by atoms with Crippen molar-refractivity contribution in [3.63, 3.8) is 0 Å². The van der Waals surface area contributed by atoms with Crippen molar-refractivity contribution < 1.29 is 23.0 Å². The number of ether oxygens (including phenoxy) is 2. The van der Waals surface area contributed by atoms with E-state index in [1.807, 2.05) is 18.2 Å². The number of hydrogen-bond donors (Lipinski definition) is 0. The molecular formula is C15H12F2O3. The van der Waals surface area contributed by atoms with Crippen molar-refractivity contribution in [3.05, 3.63) is 59.7 Å². The predicted molar refractivity (Wildman–Crippen MR) is 69.2 cm³/mol. The Hall–Kier alpha value is -2.43. The molecule has 0 N–H and O–H groups in total. The molecule has 0 unspecified atom stereocenters. The summed E-state index contributed by atoms with van der Waals surface area (Å²) in [6.07, 6.45) is 0.568. The summed E-state index contributed by atoms with van der Waals surface area (Å²) in [5, 5.41) is 0. The molecule has 1 aliphatic heterocycles. The highest BCUT2D eigenvalue weighted by Gasteiger charge is 2.10. The summed E-state index contributed by atoms with van der Waals surface area (Å²) in [6, 6.07) is 13.7. The van der Waals surface area contributed by atoms with Crippen LogP contribution in [-0.4, -0.2) is 12.9 Å². The Labute approximate surface area is 114 Å². The fourth-order valence-corrected chi connectivity index (χ4v) is 1.60. The summed E-state index contributed by atoms with van der Waals surface area (Å²) in [5.74, 6) is 1.04. The van der Waals surface area contributed by atoms with Crippen molar-refractivity contribution >= 4 is 6.29 Å². The van der Waals surface area contributed by atoms with Crippen LogP contribution < -0.4 is 9.47 Å². The monoisotopic (exact) mass is 278 g/mol. The molecule has 0 fully saturated rings. The molecule has 1 heterocycles. The minimum atomic E-state index is -2.85. The molecule has 20 heavy (non-hydrogen) atoms. The zero-order valence-electron chi connectivity index (χ0n) is 10.5. The number of rotatable bonds is 3. The number of alkyl halides is 2. The quantitative estimate of drug-likeness (QED) is 0.803. The molecule has 0 aliphatic carbocycles. The Morgan fingerprint density at radius 1 is 1.15 bits per heavy atom. The minimum absolute atomic E-state index is 0.00500. The van der Waals surface area contributed by atoms with E-state index in [-0.39, 0.29) is 5.75 Å². The summed E-state index contributed by atoms with van der Waals surface area (Å²) in [4.78, 5) is 10.2. The van der Waals surface area contributed by atoms with Crippen molar-refractivity contribution in [2.24, 2.45) is 0 Å². The van der Waals surface area contributed by atoms with Crippen LogP contribution in [0.2, 0.25) is 0 Å². The van der Waals surface area contributed by atoms with E-state index in [4.69, 9.17) is 4.74 Å². The standard InChI is InChI=1S/C8H6F2O2.C7H6O/c9-8(10)12-7-3-1-2-6(4-7)5-11;1-2-4-7-6(3-1)5-8-7/h1-5,8H;1-4H,5H2. The second kappa shape index (κ2) is 6.65. The van der Waals surface area contributed by atoms with Gasteiger partial charge in [0.05, 0.1) is 0 Å². The number of fused-ring (bicyclic) bond motifs is 1. The molecule has 5 heteroatoms. The Kier molecular flexibility index (Phi) is 4.65. The van der Waals surface area contributed by atoms with E-state index in [1.54, 1.807) is 0 Å². The third-order valence-corrected chi connectivity index (χ3v) is 2.58. The topological polar surface area (TPSA) is 35.5 Å². The predicted octanol–water partition coefficient (Wildman–Crippen LogP) is 3.68. The molecule has 0 spiro atoms. The van der Waals surface area contributed by atoms with E-state index in [9.17, 15) is 13.6 Å². The maximum absolute atomic E-state index is 11.6. The number of para-hydroxylation sites is 1. The minimum Gasteiger partial charge on any atom is -0.488 e. The third-order valence-electron chi connectivity index (χ3n) is 2.58. The van der Waals surface area contributed by atoms with E-state index >= 15 is 0 Å². The second-order valence-corrected chi connectivity index (χ2v) is 3.97. The summed E-state index contributed by atoms with van der Waals surface area (Å²) >= 11 is 0. The van der Waals surface area contributed by atoms with Crippen LogP contribution >= 0.6 is 0 Å². The number of benzene rings is 2. The van der Waals surface area contributed by atoms with E-state index in [1.165, 1.54) is 29.8 Å². The number of carbonyl (C=O) groups is 1. The van der Waals surface area contributed by atoms with Crippen molar-refractivity contribution in [2.75, 3.05) is 0 Å². The van der Waals surface area contributed by atoms with Crippen molar-refractivity contribution in [3.8, 4) is 11.5 Å². The third kappa shape index (κ3) is 3.78. The zero-order chi connectivity index (χ0) is 14.4. The molecule has 2 aromatic carbocycles. The van der Waals surface area contributed by atoms with Crippen LogP contribution in [0.15, 0.2) is 48.5 Å². The van der Waals surface area contributed by atoms with Gasteiger partial charge in [-0.15, -0.1) is 0 Å². The smallest absolute Gasteiger partial charge is 0.387 e.